The quantitative estimate of drug-likeness (QED) is 0.545. The van der Waals surface area contributed by atoms with Crippen molar-refractivity contribution < 1.29 is 20.0 Å². The van der Waals surface area contributed by atoms with Crippen LogP contribution in [0.4, 0.5) is 5.69 Å². The SMILES string of the molecule is N[C@@H](CC(=O)O)C(=O)N([NH+]=O)c1ccccc1. The topological polar surface area (TPSA) is 115 Å². The fourth-order valence-electron chi connectivity index (χ4n) is 1.24. The van der Waals surface area contributed by atoms with Gasteiger partial charge in [0.25, 0.3) is 0 Å². The summed E-state index contributed by atoms with van der Waals surface area (Å²) in [5.41, 5.74) is 5.68. The molecule has 7 heteroatoms. The molecule has 1 atom stereocenters. The average molecular weight is 238 g/mol. The molecule has 0 unspecified atom stereocenters. The molecule has 0 aliphatic heterocycles. The maximum atomic E-state index is 11.7. The van der Waals surface area contributed by atoms with E-state index < -0.39 is 24.3 Å². The Morgan fingerprint density at radius 2 is 1.94 bits per heavy atom. The largest absolute Gasteiger partial charge is 0.481 e. The van der Waals surface area contributed by atoms with Crippen molar-refractivity contribution in [1.82, 2.24) is 0 Å². The summed E-state index contributed by atoms with van der Waals surface area (Å²) in [6, 6.07) is 6.76. The number of amides is 1. The van der Waals surface area contributed by atoms with Crippen molar-refractivity contribution in [3.8, 4) is 0 Å². The Balaban J connectivity index is 2.85. The highest BCUT2D eigenvalue weighted by Crippen LogP contribution is 2.09. The Labute approximate surface area is 96.8 Å². The molecule has 17 heavy (non-hydrogen) atoms. The van der Waals surface area contributed by atoms with E-state index in [1.54, 1.807) is 18.2 Å². The zero-order chi connectivity index (χ0) is 12.8. The van der Waals surface area contributed by atoms with Crippen LogP contribution in [-0.4, -0.2) is 23.0 Å². The third-order valence-electron chi connectivity index (χ3n) is 2.04. The molecule has 0 aliphatic carbocycles. The number of carbonyl (C=O) groups excluding carboxylic acids is 1. The number of nitrogens with one attached hydrogen (secondary N) is 1. The first-order valence-electron chi connectivity index (χ1n) is 4.80. The molecule has 0 heterocycles. The number of hydrogen-bond acceptors (Lipinski definition) is 4. The van der Waals surface area contributed by atoms with E-state index in [1.165, 1.54) is 17.4 Å². The summed E-state index contributed by atoms with van der Waals surface area (Å²) in [4.78, 5) is 32.8. The molecule has 4 N–H and O–H groups in total. The summed E-state index contributed by atoms with van der Waals surface area (Å²) < 4.78 is 0. The average Bonchev–Trinajstić information content (AvgIpc) is 2.30. The first kappa shape index (κ1) is 12.8. The van der Waals surface area contributed by atoms with Gasteiger partial charge in [0, 0.05) is 4.91 Å². The molecule has 1 amide bonds. The lowest BCUT2D eigenvalue weighted by atomic mass is 10.2. The van der Waals surface area contributed by atoms with E-state index in [4.69, 9.17) is 10.8 Å². The van der Waals surface area contributed by atoms with E-state index in [-0.39, 0.29) is 0 Å². The first-order chi connectivity index (χ1) is 8.06. The summed E-state index contributed by atoms with van der Waals surface area (Å²) in [6.07, 6.45) is -0.538. The van der Waals surface area contributed by atoms with Crippen LogP contribution in [0.15, 0.2) is 30.3 Å². The Kier molecular flexibility index (Phi) is 4.29. The minimum atomic E-state index is -1.27. The number of nitrogens with two attached hydrogens (primary N) is 1. The van der Waals surface area contributed by atoms with Crippen molar-refractivity contribution >= 4 is 17.6 Å². The molecular formula is C10H12N3O4+. The van der Waals surface area contributed by atoms with Crippen molar-refractivity contribution in [2.24, 2.45) is 5.73 Å². The van der Waals surface area contributed by atoms with E-state index >= 15 is 0 Å². The van der Waals surface area contributed by atoms with Crippen LogP contribution in [0.1, 0.15) is 6.42 Å². The van der Waals surface area contributed by atoms with E-state index in [2.05, 4.69) is 0 Å². The molecule has 0 aliphatic rings. The maximum absolute atomic E-state index is 11.7. The van der Waals surface area contributed by atoms with Crippen molar-refractivity contribution in [1.29, 1.82) is 0 Å². The van der Waals surface area contributed by atoms with Gasteiger partial charge in [-0.3, -0.25) is 9.59 Å². The second kappa shape index (κ2) is 5.71. The number of carbonyl (C=O) groups is 2. The monoisotopic (exact) mass is 238 g/mol. The fraction of sp³-hybridized carbons (Fsp3) is 0.200. The normalized spacial score (nSPS) is 11.6. The number of hydrazine groups is 1. The molecular weight excluding hydrogens is 226 g/mol. The van der Waals surface area contributed by atoms with Crippen LogP contribution in [0.3, 0.4) is 0 Å². The predicted molar refractivity (Wildman–Crippen MR) is 58.5 cm³/mol. The summed E-state index contributed by atoms with van der Waals surface area (Å²) >= 11 is 0. The predicted octanol–water partition coefficient (Wildman–Crippen LogP) is -1.42. The van der Waals surface area contributed by atoms with Crippen LogP contribution in [0.5, 0.6) is 0 Å². The van der Waals surface area contributed by atoms with Gasteiger partial charge in [0.15, 0.2) is 0 Å². The lowest BCUT2D eigenvalue weighted by Crippen LogP contribution is -2.82. The molecule has 1 aromatic rings. The summed E-state index contributed by atoms with van der Waals surface area (Å²) in [7, 11) is 0. The highest BCUT2D eigenvalue weighted by Gasteiger charge is 2.29. The van der Waals surface area contributed by atoms with Crippen LogP contribution in [0.25, 0.3) is 0 Å². The van der Waals surface area contributed by atoms with E-state index in [9.17, 15) is 14.5 Å². The van der Waals surface area contributed by atoms with Gasteiger partial charge in [-0.25, -0.2) is 0 Å². The van der Waals surface area contributed by atoms with Crippen LogP contribution in [0, 0.1) is 4.91 Å². The molecule has 0 saturated heterocycles. The number of hydrogen-bond donors (Lipinski definition) is 3. The van der Waals surface area contributed by atoms with E-state index in [1.807, 2.05) is 0 Å². The van der Waals surface area contributed by atoms with Gasteiger partial charge in [0.1, 0.15) is 17.0 Å². The van der Waals surface area contributed by atoms with Gasteiger partial charge < -0.3 is 10.8 Å². The number of benzene rings is 1. The van der Waals surface area contributed by atoms with E-state index in [0.29, 0.717) is 10.7 Å². The first-order valence-corrected chi connectivity index (χ1v) is 4.80. The number of anilines is 1. The Hall–Kier alpha value is -2.28. The molecule has 0 spiro atoms. The molecule has 90 valence electrons. The van der Waals surface area contributed by atoms with Gasteiger partial charge in [0.05, 0.1) is 6.42 Å². The minimum absolute atomic E-state index is 0.299. The summed E-state index contributed by atoms with van der Waals surface area (Å²) in [5.74, 6) is -2.00. The molecule has 0 radical (unpaired) electrons. The van der Waals surface area contributed by atoms with Crippen LogP contribution >= 0.6 is 0 Å². The third-order valence-corrected chi connectivity index (χ3v) is 2.04. The van der Waals surface area contributed by atoms with Crippen LogP contribution in [0.2, 0.25) is 0 Å². The molecule has 0 bridgehead atoms. The number of nitrogens with zero attached hydrogens (tertiary/aromatic N) is 1. The molecule has 0 aromatic heterocycles. The lowest BCUT2D eigenvalue weighted by Gasteiger charge is -2.11. The van der Waals surface area contributed by atoms with Crippen molar-refractivity contribution in [3.63, 3.8) is 0 Å². The van der Waals surface area contributed by atoms with Gasteiger partial charge >= 0.3 is 11.9 Å². The third kappa shape index (κ3) is 3.35. The molecule has 0 fully saturated rings. The number of aliphatic carboxylic acids is 1. The number of para-hydroxylation sites is 1. The van der Waals surface area contributed by atoms with Crippen molar-refractivity contribution in [2.75, 3.05) is 5.01 Å². The standard InChI is InChI=1S/C10H11N3O4/c11-8(6-9(14)15)10(16)13(12-17)7-4-2-1-3-5-7/h1-5,8H,6,11H2,(H,14,15)/p+1/t8-/m0/s1. The van der Waals surface area contributed by atoms with Gasteiger partial charge in [0.2, 0.25) is 0 Å². The van der Waals surface area contributed by atoms with Gasteiger partial charge in [-0.15, -0.1) is 0 Å². The molecule has 1 aromatic carbocycles. The molecule has 1 rings (SSSR count). The summed E-state index contributed by atoms with van der Waals surface area (Å²) in [6.45, 7) is 0. The maximum Gasteiger partial charge on any atom is 0.305 e. The Morgan fingerprint density at radius 3 is 2.41 bits per heavy atom. The number of carboxylic acids is 1. The second-order valence-corrected chi connectivity index (χ2v) is 3.30. The minimum Gasteiger partial charge on any atom is -0.481 e. The second-order valence-electron chi connectivity index (χ2n) is 3.30. The zero-order valence-corrected chi connectivity index (χ0v) is 8.87. The van der Waals surface area contributed by atoms with Gasteiger partial charge in [-0.1, -0.05) is 18.2 Å². The fourth-order valence-corrected chi connectivity index (χ4v) is 1.24. The van der Waals surface area contributed by atoms with Crippen LogP contribution < -0.4 is 16.0 Å². The number of rotatable bonds is 5. The Bertz CT molecular complexity index is 421. The smallest absolute Gasteiger partial charge is 0.305 e. The number of carboxylic acid groups (broad SMARTS) is 1. The van der Waals surface area contributed by atoms with Gasteiger partial charge in [-0.2, -0.15) is 0 Å². The highest BCUT2D eigenvalue weighted by atomic mass is 16.4. The number of nitroso groups, excluding NO2 is 1. The van der Waals surface area contributed by atoms with E-state index in [0.717, 1.165) is 0 Å². The summed E-state index contributed by atoms with van der Waals surface area (Å²) in [5, 5.41) is 10.6. The molecule has 0 saturated carbocycles. The molecule has 7 nitrogen and oxygen atoms in total. The van der Waals surface area contributed by atoms with Gasteiger partial charge in [-0.05, 0) is 17.1 Å². The van der Waals surface area contributed by atoms with Crippen LogP contribution in [-0.2, 0) is 9.59 Å². The highest BCUT2D eigenvalue weighted by molar-refractivity contribution is 5.96. The van der Waals surface area contributed by atoms with Crippen molar-refractivity contribution in [2.45, 2.75) is 12.5 Å². The lowest BCUT2D eigenvalue weighted by molar-refractivity contribution is -0.484. The zero-order valence-electron chi connectivity index (χ0n) is 8.87. The van der Waals surface area contributed by atoms with Crippen molar-refractivity contribution in [3.05, 3.63) is 35.2 Å². The Morgan fingerprint density at radius 1 is 1.35 bits per heavy atom.